The molecule has 10 nitrogen and oxygen atoms in total. The van der Waals surface area contributed by atoms with Gasteiger partial charge in [-0.15, -0.1) is 0 Å². The van der Waals surface area contributed by atoms with E-state index < -0.39 is 7.94 Å². The summed E-state index contributed by atoms with van der Waals surface area (Å²) in [5.41, 5.74) is 6.89. The fourth-order valence-corrected chi connectivity index (χ4v) is 1.83. The Morgan fingerprint density at radius 3 is 2.38 bits per heavy atom. The Bertz CT molecular complexity index is 585. The Labute approximate surface area is 121 Å². The second-order valence-corrected chi connectivity index (χ2v) is 5.55. The van der Waals surface area contributed by atoms with Gasteiger partial charge >= 0.3 is 7.94 Å². The summed E-state index contributed by atoms with van der Waals surface area (Å²) in [6, 6.07) is 0. The number of aryl methyl sites for hydroxylation is 1. The Balaban J connectivity index is 0.000000270. The monoisotopic (exact) mass is 320 g/mol. The van der Waals surface area contributed by atoms with Crippen LogP contribution in [-0.2, 0) is 11.3 Å². The van der Waals surface area contributed by atoms with Crippen LogP contribution in [0.2, 0.25) is 0 Å². The minimum absolute atomic E-state index is 0.199. The average molecular weight is 320 g/mol. The van der Waals surface area contributed by atoms with Crippen molar-refractivity contribution in [3.8, 4) is 5.88 Å². The van der Waals surface area contributed by atoms with E-state index >= 15 is 0 Å². The second kappa shape index (κ2) is 7.43. The fraction of sp³-hybridized carbons (Fsp3) is 0.500. The molecule has 0 aliphatic carbocycles. The highest BCUT2D eigenvalue weighted by Gasteiger charge is 2.28. The van der Waals surface area contributed by atoms with E-state index in [1.165, 1.54) is 14.2 Å². The van der Waals surface area contributed by atoms with Crippen LogP contribution < -0.4 is 10.5 Å². The zero-order chi connectivity index (χ0) is 16.0. The number of ether oxygens (including phenoxy) is 2. The topological polar surface area (TPSA) is 149 Å². The number of nitrogens with two attached hydrogens (primary N) is 1. The molecule has 118 valence electrons. The molecule has 21 heavy (non-hydrogen) atoms. The minimum Gasteiger partial charge on any atom is -0.479 e. The number of methoxy groups -OCH3 is 2. The summed E-state index contributed by atoms with van der Waals surface area (Å²) in [7, 11) is -0.829. The first kappa shape index (κ1) is 17.5. The van der Waals surface area contributed by atoms with Gasteiger partial charge in [0.25, 0.3) is 0 Å². The highest BCUT2D eigenvalue weighted by atomic mass is 31.2. The summed E-state index contributed by atoms with van der Waals surface area (Å²) in [5.74, 6) is 0.615. The van der Waals surface area contributed by atoms with Gasteiger partial charge in [0.05, 0.1) is 13.4 Å². The van der Waals surface area contributed by atoms with Crippen LogP contribution in [0.15, 0.2) is 6.33 Å². The van der Waals surface area contributed by atoms with Crippen molar-refractivity contribution in [1.82, 2.24) is 19.5 Å². The molecule has 0 fully saturated rings. The third kappa shape index (κ3) is 5.03. The van der Waals surface area contributed by atoms with Crippen LogP contribution in [0.25, 0.3) is 11.2 Å². The van der Waals surface area contributed by atoms with Gasteiger partial charge in [-0.05, 0) is 6.92 Å². The van der Waals surface area contributed by atoms with Gasteiger partial charge in [0.1, 0.15) is 0 Å². The molecule has 2 rings (SSSR count). The van der Waals surface area contributed by atoms with Crippen LogP contribution in [0.4, 0.5) is 5.95 Å². The number of nitrogen functional groups attached to an aromatic ring is 1. The molecule has 2 aromatic rings. The average Bonchev–Trinajstić information content (AvgIpc) is 2.79. The van der Waals surface area contributed by atoms with Crippen LogP contribution in [-0.4, -0.2) is 54.8 Å². The molecule has 11 heteroatoms. The molecular weight excluding hydrogens is 301 g/mol. The van der Waals surface area contributed by atoms with Crippen LogP contribution in [0.3, 0.4) is 0 Å². The molecule has 0 saturated heterocycles. The smallest absolute Gasteiger partial charge is 0.431 e. The van der Waals surface area contributed by atoms with E-state index in [0.717, 1.165) is 6.54 Å². The maximum absolute atomic E-state index is 8.11. The standard InChI is InChI=1S/C8H11N5O.C2H8O4P/c1-3-13-4-10-5-6(13)11-8(9)12-7(5)14-2;1-6-2-7(3,4)5/h4H,3H2,1-2H3,(H2,9,11,12);3-5H,2H2,1H3/q;+1. The van der Waals surface area contributed by atoms with Gasteiger partial charge in [0.2, 0.25) is 18.2 Å². The van der Waals surface area contributed by atoms with Crippen molar-refractivity contribution in [2.75, 3.05) is 26.3 Å². The molecule has 0 aliphatic rings. The van der Waals surface area contributed by atoms with E-state index in [9.17, 15) is 0 Å². The molecule has 0 aromatic carbocycles. The van der Waals surface area contributed by atoms with Crippen LogP contribution in [0.5, 0.6) is 5.88 Å². The highest BCUT2D eigenvalue weighted by molar-refractivity contribution is 7.58. The number of anilines is 1. The third-order valence-electron chi connectivity index (χ3n) is 2.29. The van der Waals surface area contributed by atoms with Gasteiger partial charge in [0, 0.05) is 13.7 Å². The van der Waals surface area contributed by atoms with E-state index in [1.807, 2.05) is 11.5 Å². The lowest BCUT2D eigenvalue weighted by molar-refractivity contribution is 0.201. The maximum atomic E-state index is 8.11. The number of hydrogen-bond acceptors (Lipinski definition) is 9. The third-order valence-corrected chi connectivity index (χ3v) is 2.89. The molecule has 0 spiro atoms. The molecule has 2 heterocycles. The molecule has 0 saturated carbocycles. The lowest BCUT2D eigenvalue weighted by Crippen LogP contribution is -2.01. The first-order valence-corrected chi connectivity index (χ1v) is 7.73. The molecule has 0 atom stereocenters. The summed E-state index contributed by atoms with van der Waals surface area (Å²) in [5, 5.41) is 0. The largest absolute Gasteiger partial charge is 0.479 e. The molecule has 2 aromatic heterocycles. The van der Waals surface area contributed by atoms with Gasteiger partial charge < -0.3 is 19.8 Å². The number of rotatable bonds is 4. The molecule has 0 unspecified atom stereocenters. The van der Waals surface area contributed by atoms with E-state index in [0.29, 0.717) is 17.0 Å². The molecule has 0 aliphatic heterocycles. The SMILES string of the molecule is CCn1cnc2c(OC)nc(N)nc21.COC[P+](O)(O)O. The van der Waals surface area contributed by atoms with Crippen molar-refractivity contribution in [2.24, 2.45) is 0 Å². The van der Waals surface area contributed by atoms with Gasteiger partial charge in [-0.25, -0.2) is 4.98 Å². The number of nitrogens with zero attached hydrogens (tertiary/aromatic N) is 4. The summed E-state index contributed by atoms with van der Waals surface area (Å²) >= 11 is 0. The summed E-state index contributed by atoms with van der Waals surface area (Å²) < 4.78 is 11.1. The second-order valence-electron chi connectivity index (χ2n) is 3.90. The maximum Gasteiger partial charge on any atom is 0.431 e. The van der Waals surface area contributed by atoms with Crippen LogP contribution >= 0.6 is 7.94 Å². The Morgan fingerprint density at radius 2 is 1.95 bits per heavy atom. The van der Waals surface area contributed by atoms with Crippen molar-refractivity contribution < 1.29 is 24.2 Å². The molecule has 0 radical (unpaired) electrons. The summed E-state index contributed by atoms with van der Waals surface area (Å²) in [6.07, 6.45) is 1.31. The lowest BCUT2D eigenvalue weighted by atomic mass is 10.5. The van der Waals surface area contributed by atoms with Crippen molar-refractivity contribution >= 4 is 25.1 Å². The Kier molecular flexibility index (Phi) is 6.19. The normalized spacial score (nSPS) is 11.1. The lowest BCUT2D eigenvalue weighted by Gasteiger charge is -2.02. The Morgan fingerprint density at radius 1 is 1.29 bits per heavy atom. The van der Waals surface area contributed by atoms with Crippen LogP contribution in [0.1, 0.15) is 6.92 Å². The first-order valence-electron chi connectivity index (χ1n) is 5.90. The van der Waals surface area contributed by atoms with E-state index in [4.69, 9.17) is 25.2 Å². The van der Waals surface area contributed by atoms with Crippen LogP contribution in [0, 0.1) is 0 Å². The molecule has 0 amide bonds. The summed E-state index contributed by atoms with van der Waals surface area (Å²) in [4.78, 5) is 36.5. The predicted molar refractivity (Wildman–Crippen MR) is 77.4 cm³/mol. The van der Waals surface area contributed by atoms with Gasteiger partial charge in [-0.2, -0.15) is 24.6 Å². The number of hydrogen-bond donors (Lipinski definition) is 4. The van der Waals surface area contributed by atoms with E-state index in [1.54, 1.807) is 6.33 Å². The highest BCUT2D eigenvalue weighted by Crippen LogP contribution is 2.43. The van der Waals surface area contributed by atoms with Gasteiger partial charge in [0.15, 0.2) is 11.2 Å². The van der Waals surface area contributed by atoms with E-state index in [-0.39, 0.29) is 12.3 Å². The zero-order valence-electron chi connectivity index (χ0n) is 12.0. The molecular formula is C10H19N5O5P+. The zero-order valence-corrected chi connectivity index (χ0v) is 12.9. The van der Waals surface area contributed by atoms with Crippen molar-refractivity contribution in [2.45, 2.75) is 13.5 Å². The molecule has 0 bridgehead atoms. The van der Waals surface area contributed by atoms with Crippen molar-refractivity contribution in [3.63, 3.8) is 0 Å². The summed E-state index contributed by atoms with van der Waals surface area (Å²) in [6.45, 7) is 2.79. The number of imidazole rings is 1. The van der Waals surface area contributed by atoms with Gasteiger partial charge in [-0.1, -0.05) is 0 Å². The van der Waals surface area contributed by atoms with Crippen molar-refractivity contribution in [3.05, 3.63) is 6.33 Å². The molecule has 5 N–H and O–H groups in total. The fourth-order valence-electron chi connectivity index (χ4n) is 1.48. The van der Waals surface area contributed by atoms with Gasteiger partial charge in [-0.3, -0.25) is 0 Å². The first-order chi connectivity index (χ1) is 9.82. The Hall–Kier alpha value is -1.58. The predicted octanol–water partition coefficient (Wildman–Crippen LogP) is -0.233. The number of aromatic nitrogens is 4. The quantitative estimate of drug-likeness (QED) is 0.560. The van der Waals surface area contributed by atoms with E-state index in [2.05, 4.69) is 19.7 Å². The van der Waals surface area contributed by atoms with Crippen molar-refractivity contribution in [1.29, 1.82) is 0 Å². The number of fused-ring (bicyclic) bond motifs is 1. The minimum atomic E-state index is -3.64.